The van der Waals surface area contributed by atoms with Gasteiger partial charge in [-0.05, 0) is 38.0 Å². The van der Waals surface area contributed by atoms with E-state index in [-0.39, 0.29) is 5.91 Å². The van der Waals surface area contributed by atoms with Crippen molar-refractivity contribution in [1.29, 1.82) is 0 Å². The molecule has 1 amide bonds. The highest BCUT2D eigenvalue weighted by Crippen LogP contribution is 2.25. The number of amides is 1. The Bertz CT molecular complexity index is 416. The zero-order valence-corrected chi connectivity index (χ0v) is 11.8. The van der Waals surface area contributed by atoms with E-state index in [0.717, 1.165) is 12.0 Å². The molecule has 0 aliphatic heterocycles. The van der Waals surface area contributed by atoms with Crippen LogP contribution in [-0.4, -0.2) is 10.8 Å². The second-order valence-electron chi connectivity index (χ2n) is 4.37. The Kier molecular flexibility index (Phi) is 4.84. The zero-order valence-electron chi connectivity index (χ0n) is 10.3. The number of alkyl halides is 1. The Morgan fingerprint density at radius 3 is 2.65 bits per heavy atom. The lowest BCUT2D eigenvalue weighted by molar-refractivity contribution is -0.118. The summed E-state index contributed by atoms with van der Waals surface area (Å²) in [5.41, 5.74) is 1.65. The molecule has 0 radical (unpaired) electrons. The van der Waals surface area contributed by atoms with Crippen LogP contribution in [0.15, 0.2) is 18.2 Å². The predicted octanol–water partition coefficient (Wildman–Crippen LogP) is 4.38. The number of carbonyl (C=O) groups excluding carboxylic acids is 1. The average Bonchev–Trinajstić information content (AvgIpc) is 2.23. The van der Waals surface area contributed by atoms with Gasteiger partial charge in [-0.3, -0.25) is 4.79 Å². The zero-order chi connectivity index (χ0) is 13.1. The standard InChI is InChI=1S/C13H17Cl2NO/c1-4-7-13(3,15)12(17)16-10-6-5-9(2)11(14)8-10/h5-6,8H,4,7H2,1-3H3,(H,16,17). The van der Waals surface area contributed by atoms with Gasteiger partial charge in [-0.15, -0.1) is 11.6 Å². The van der Waals surface area contributed by atoms with E-state index >= 15 is 0 Å². The molecule has 1 aromatic rings. The highest BCUT2D eigenvalue weighted by molar-refractivity contribution is 6.36. The number of halogens is 2. The first-order valence-corrected chi connectivity index (χ1v) is 6.39. The fourth-order valence-corrected chi connectivity index (χ4v) is 1.93. The monoisotopic (exact) mass is 273 g/mol. The van der Waals surface area contributed by atoms with E-state index in [1.165, 1.54) is 0 Å². The number of anilines is 1. The van der Waals surface area contributed by atoms with Gasteiger partial charge in [0.1, 0.15) is 4.87 Å². The van der Waals surface area contributed by atoms with E-state index in [4.69, 9.17) is 23.2 Å². The predicted molar refractivity (Wildman–Crippen MR) is 74.0 cm³/mol. The molecule has 1 N–H and O–H groups in total. The van der Waals surface area contributed by atoms with Gasteiger partial charge in [0.2, 0.25) is 5.91 Å². The number of aryl methyl sites for hydroxylation is 1. The van der Waals surface area contributed by atoms with Crippen molar-refractivity contribution in [2.24, 2.45) is 0 Å². The first kappa shape index (κ1) is 14.3. The summed E-state index contributed by atoms with van der Waals surface area (Å²) < 4.78 is 0. The van der Waals surface area contributed by atoms with Gasteiger partial charge < -0.3 is 5.32 Å². The molecule has 0 aliphatic rings. The van der Waals surface area contributed by atoms with E-state index in [1.807, 2.05) is 26.0 Å². The molecule has 0 saturated heterocycles. The Morgan fingerprint density at radius 2 is 2.12 bits per heavy atom. The molecule has 0 heterocycles. The summed E-state index contributed by atoms with van der Waals surface area (Å²) in [6.07, 6.45) is 1.50. The van der Waals surface area contributed by atoms with Gasteiger partial charge >= 0.3 is 0 Å². The number of carbonyl (C=O) groups is 1. The van der Waals surface area contributed by atoms with Crippen LogP contribution in [0.4, 0.5) is 5.69 Å². The smallest absolute Gasteiger partial charge is 0.245 e. The summed E-state index contributed by atoms with van der Waals surface area (Å²) in [6.45, 7) is 5.64. The number of rotatable bonds is 4. The third-order valence-electron chi connectivity index (χ3n) is 2.62. The Labute approximate surface area is 112 Å². The van der Waals surface area contributed by atoms with E-state index in [2.05, 4.69) is 5.32 Å². The minimum absolute atomic E-state index is 0.194. The molecule has 2 nitrogen and oxygen atoms in total. The van der Waals surface area contributed by atoms with Crippen molar-refractivity contribution >= 4 is 34.8 Å². The van der Waals surface area contributed by atoms with E-state index in [9.17, 15) is 4.79 Å². The van der Waals surface area contributed by atoms with Gasteiger partial charge in [-0.2, -0.15) is 0 Å². The van der Waals surface area contributed by atoms with Gasteiger partial charge in [0.05, 0.1) is 0 Å². The molecule has 0 aliphatic carbocycles. The van der Waals surface area contributed by atoms with Crippen LogP contribution in [0.3, 0.4) is 0 Å². The summed E-state index contributed by atoms with van der Waals surface area (Å²) in [7, 11) is 0. The van der Waals surface area contributed by atoms with Crippen molar-refractivity contribution in [1.82, 2.24) is 0 Å². The van der Waals surface area contributed by atoms with E-state index < -0.39 is 4.87 Å². The molecule has 94 valence electrons. The fourth-order valence-electron chi connectivity index (χ4n) is 1.52. The lowest BCUT2D eigenvalue weighted by Crippen LogP contribution is -2.34. The van der Waals surface area contributed by atoms with Gasteiger partial charge in [0, 0.05) is 10.7 Å². The van der Waals surface area contributed by atoms with Crippen LogP contribution in [0.1, 0.15) is 32.3 Å². The molecule has 1 aromatic carbocycles. The molecule has 0 fully saturated rings. The van der Waals surface area contributed by atoms with Crippen molar-refractivity contribution in [3.63, 3.8) is 0 Å². The molecule has 0 spiro atoms. The summed E-state index contributed by atoms with van der Waals surface area (Å²) >= 11 is 12.2. The van der Waals surface area contributed by atoms with E-state index in [0.29, 0.717) is 17.1 Å². The quantitative estimate of drug-likeness (QED) is 0.811. The highest BCUT2D eigenvalue weighted by atomic mass is 35.5. The SMILES string of the molecule is CCCC(C)(Cl)C(=O)Nc1ccc(C)c(Cl)c1. The molecule has 1 unspecified atom stereocenters. The summed E-state index contributed by atoms with van der Waals surface area (Å²) in [5.74, 6) is -0.194. The van der Waals surface area contributed by atoms with Gasteiger partial charge in [0.25, 0.3) is 0 Å². The summed E-state index contributed by atoms with van der Waals surface area (Å²) in [6, 6.07) is 5.41. The number of nitrogens with one attached hydrogen (secondary N) is 1. The summed E-state index contributed by atoms with van der Waals surface area (Å²) in [5, 5.41) is 3.41. The Morgan fingerprint density at radius 1 is 1.47 bits per heavy atom. The second kappa shape index (κ2) is 5.74. The molecular weight excluding hydrogens is 257 g/mol. The molecule has 0 aromatic heterocycles. The minimum Gasteiger partial charge on any atom is -0.325 e. The average molecular weight is 274 g/mol. The lowest BCUT2D eigenvalue weighted by atomic mass is 10.0. The van der Waals surface area contributed by atoms with Crippen LogP contribution in [-0.2, 0) is 4.79 Å². The van der Waals surface area contributed by atoms with Crippen LogP contribution in [0.5, 0.6) is 0 Å². The maximum atomic E-state index is 11.9. The number of hydrogen-bond acceptors (Lipinski definition) is 1. The van der Waals surface area contributed by atoms with Crippen LogP contribution in [0.25, 0.3) is 0 Å². The molecule has 17 heavy (non-hydrogen) atoms. The molecule has 1 rings (SSSR count). The van der Waals surface area contributed by atoms with Gasteiger partial charge in [0.15, 0.2) is 0 Å². The number of benzene rings is 1. The van der Waals surface area contributed by atoms with Crippen LogP contribution >= 0.6 is 23.2 Å². The molecule has 1 atom stereocenters. The molecular formula is C13H17Cl2NO. The van der Waals surface area contributed by atoms with Crippen molar-refractivity contribution in [3.05, 3.63) is 28.8 Å². The number of hydrogen-bond donors (Lipinski definition) is 1. The fraction of sp³-hybridized carbons (Fsp3) is 0.462. The second-order valence-corrected chi connectivity index (χ2v) is 5.61. The Balaban J connectivity index is 2.77. The minimum atomic E-state index is -0.869. The highest BCUT2D eigenvalue weighted by Gasteiger charge is 2.29. The maximum Gasteiger partial charge on any atom is 0.245 e. The first-order valence-electron chi connectivity index (χ1n) is 5.63. The molecule has 0 saturated carbocycles. The molecule has 0 bridgehead atoms. The normalized spacial score (nSPS) is 14.2. The van der Waals surface area contributed by atoms with Crippen molar-refractivity contribution in [2.45, 2.75) is 38.5 Å². The maximum absolute atomic E-state index is 11.9. The van der Waals surface area contributed by atoms with Crippen molar-refractivity contribution < 1.29 is 4.79 Å². The van der Waals surface area contributed by atoms with E-state index in [1.54, 1.807) is 13.0 Å². The topological polar surface area (TPSA) is 29.1 Å². The van der Waals surface area contributed by atoms with Crippen LogP contribution < -0.4 is 5.32 Å². The Hall–Kier alpha value is -0.730. The third kappa shape index (κ3) is 3.90. The van der Waals surface area contributed by atoms with Crippen molar-refractivity contribution in [3.8, 4) is 0 Å². The van der Waals surface area contributed by atoms with Gasteiger partial charge in [-0.25, -0.2) is 0 Å². The first-order chi connectivity index (χ1) is 7.86. The van der Waals surface area contributed by atoms with Crippen LogP contribution in [0.2, 0.25) is 5.02 Å². The molecule has 4 heteroatoms. The largest absolute Gasteiger partial charge is 0.325 e. The van der Waals surface area contributed by atoms with Gasteiger partial charge in [-0.1, -0.05) is 31.0 Å². The lowest BCUT2D eigenvalue weighted by Gasteiger charge is -2.20. The van der Waals surface area contributed by atoms with Crippen molar-refractivity contribution in [2.75, 3.05) is 5.32 Å². The van der Waals surface area contributed by atoms with Crippen LogP contribution in [0, 0.1) is 6.92 Å². The third-order valence-corrected chi connectivity index (χ3v) is 3.39. The summed E-state index contributed by atoms with van der Waals surface area (Å²) in [4.78, 5) is 11.1.